The lowest BCUT2D eigenvalue weighted by molar-refractivity contribution is 1.18. The molecular weight excluding hydrogens is 611 g/mol. The lowest BCUT2D eigenvalue weighted by Gasteiger charge is -2.15. The fraction of sp³-hybridized carbons (Fsp3) is 0. The summed E-state index contributed by atoms with van der Waals surface area (Å²) in [6.45, 7) is 0. The van der Waals surface area contributed by atoms with Gasteiger partial charge in [-0.1, -0.05) is 78.9 Å². The molecule has 0 saturated carbocycles. The molecule has 0 saturated heterocycles. The quantitative estimate of drug-likeness (QED) is 0.193. The summed E-state index contributed by atoms with van der Waals surface area (Å²) in [7, 11) is 0. The van der Waals surface area contributed by atoms with Gasteiger partial charge in [-0.2, -0.15) is 15.8 Å². The Bertz CT molecular complexity index is 2850. The summed E-state index contributed by atoms with van der Waals surface area (Å²) in [6, 6.07) is 57.8. The monoisotopic (exact) mass is 635 g/mol. The number of hydrogen-bond donors (Lipinski definition) is 0. The summed E-state index contributed by atoms with van der Waals surface area (Å²) in [5, 5.41) is 34.0. The summed E-state index contributed by atoms with van der Waals surface area (Å²) in [5.41, 5.74) is 11.5. The van der Waals surface area contributed by atoms with Crippen molar-refractivity contribution in [2.75, 3.05) is 0 Å². The Labute approximate surface area is 287 Å². The van der Waals surface area contributed by atoms with Gasteiger partial charge in [-0.25, -0.2) is 0 Å². The standard InChI is InChI=1S/C45H25N5/c46-26-29-16-20-44-39(22-29)40-23-30(27-47)17-21-45(40)50(44)41-13-4-1-10-36(41)32-18-19-35(33(24-32)28-48)31-8-7-9-34(25-31)49-42-14-5-2-11-37(42)38-12-3-6-15-43(38)49/h1-25H. The van der Waals surface area contributed by atoms with Gasteiger partial charge < -0.3 is 9.13 Å². The highest BCUT2D eigenvalue weighted by molar-refractivity contribution is 6.11. The minimum Gasteiger partial charge on any atom is -0.309 e. The molecule has 7 aromatic carbocycles. The van der Waals surface area contributed by atoms with E-state index in [4.69, 9.17) is 0 Å². The van der Waals surface area contributed by atoms with E-state index in [9.17, 15) is 15.8 Å². The molecule has 0 fully saturated rings. The van der Waals surface area contributed by atoms with E-state index in [1.165, 1.54) is 10.8 Å². The second-order valence-electron chi connectivity index (χ2n) is 12.3. The highest BCUT2D eigenvalue weighted by Crippen LogP contribution is 2.39. The zero-order valence-corrected chi connectivity index (χ0v) is 26.7. The molecule has 50 heavy (non-hydrogen) atoms. The van der Waals surface area contributed by atoms with Crippen molar-refractivity contribution in [2.45, 2.75) is 0 Å². The summed E-state index contributed by atoms with van der Waals surface area (Å²) in [6.07, 6.45) is 0. The summed E-state index contributed by atoms with van der Waals surface area (Å²) >= 11 is 0. The first-order chi connectivity index (χ1) is 24.7. The average Bonchev–Trinajstić information content (AvgIpc) is 3.69. The number of fused-ring (bicyclic) bond motifs is 6. The van der Waals surface area contributed by atoms with Crippen LogP contribution in [0.1, 0.15) is 16.7 Å². The largest absolute Gasteiger partial charge is 0.309 e. The van der Waals surface area contributed by atoms with Crippen LogP contribution in [0.2, 0.25) is 0 Å². The Balaban J connectivity index is 1.19. The highest BCUT2D eigenvalue weighted by Gasteiger charge is 2.18. The molecule has 0 aliphatic rings. The minimum atomic E-state index is 0.559. The van der Waals surface area contributed by atoms with Crippen LogP contribution in [0.15, 0.2) is 152 Å². The third-order valence-corrected chi connectivity index (χ3v) is 9.61. The lowest BCUT2D eigenvalue weighted by atomic mass is 9.94. The van der Waals surface area contributed by atoms with E-state index in [-0.39, 0.29) is 0 Å². The molecule has 230 valence electrons. The van der Waals surface area contributed by atoms with E-state index in [2.05, 4.69) is 118 Å². The predicted octanol–water partition coefficient (Wildman–Crippen LogP) is 10.8. The molecule has 0 spiro atoms. The Morgan fingerprint density at radius 2 is 0.960 bits per heavy atom. The molecule has 0 bridgehead atoms. The molecule has 0 amide bonds. The average molecular weight is 636 g/mol. The van der Waals surface area contributed by atoms with Gasteiger partial charge in [-0.15, -0.1) is 0 Å². The van der Waals surface area contributed by atoms with E-state index in [1.54, 1.807) is 0 Å². The van der Waals surface area contributed by atoms with E-state index in [0.29, 0.717) is 16.7 Å². The topological polar surface area (TPSA) is 81.2 Å². The van der Waals surface area contributed by atoms with Crippen molar-refractivity contribution in [3.8, 4) is 51.8 Å². The fourth-order valence-electron chi connectivity index (χ4n) is 7.40. The molecule has 9 aromatic rings. The summed E-state index contributed by atoms with van der Waals surface area (Å²) < 4.78 is 4.47. The Morgan fingerprint density at radius 1 is 0.380 bits per heavy atom. The normalized spacial score (nSPS) is 11.1. The first kappa shape index (κ1) is 28.8. The van der Waals surface area contributed by atoms with Gasteiger partial charge in [0.25, 0.3) is 0 Å². The van der Waals surface area contributed by atoms with E-state index < -0.39 is 0 Å². The second-order valence-corrected chi connectivity index (χ2v) is 12.3. The van der Waals surface area contributed by atoms with Gasteiger partial charge in [0.15, 0.2) is 0 Å². The van der Waals surface area contributed by atoms with Crippen molar-refractivity contribution in [3.05, 3.63) is 168 Å². The summed E-state index contributed by atoms with van der Waals surface area (Å²) in [4.78, 5) is 0. The number of nitrogens with zero attached hydrogens (tertiary/aromatic N) is 5. The molecule has 0 aliphatic heterocycles. The molecule has 0 N–H and O–H groups in total. The Kier molecular flexibility index (Phi) is 6.56. The first-order valence-corrected chi connectivity index (χ1v) is 16.3. The number of nitriles is 3. The molecule has 0 atom stereocenters. The maximum atomic E-state index is 10.5. The van der Waals surface area contributed by atoms with Crippen LogP contribution < -0.4 is 0 Å². The summed E-state index contributed by atoms with van der Waals surface area (Å²) in [5.74, 6) is 0. The van der Waals surface area contributed by atoms with Crippen molar-refractivity contribution in [1.82, 2.24) is 9.13 Å². The molecule has 0 aliphatic carbocycles. The van der Waals surface area contributed by atoms with Gasteiger partial charge in [0, 0.05) is 32.8 Å². The van der Waals surface area contributed by atoms with Crippen LogP contribution in [-0.4, -0.2) is 9.13 Å². The molecule has 0 radical (unpaired) electrons. The van der Waals surface area contributed by atoms with Gasteiger partial charge in [-0.05, 0) is 89.5 Å². The van der Waals surface area contributed by atoms with E-state index >= 15 is 0 Å². The van der Waals surface area contributed by atoms with Crippen molar-refractivity contribution < 1.29 is 0 Å². The van der Waals surface area contributed by atoms with Crippen molar-refractivity contribution in [2.24, 2.45) is 0 Å². The molecule has 0 unspecified atom stereocenters. The lowest BCUT2D eigenvalue weighted by Crippen LogP contribution is -1.98. The van der Waals surface area contributed by atoms with Crippen molar-refractivity contribution >= 4 is 43.6 Å². The smallest absolute Gasteiger partial charge is 0.0998 e. The minimum absolute atomic E-state index is 0.559. The third-order valence-electron chi connectivity index (χ3n) is 9.61. The van der Waals surface area contributed by atoms with Crippen molar-refractivity contribution in [1.29, 1.82) is 15.8 Å². The fourth-order valence-corrected chi connectivity index (χ4v) is 7.40. The number of benzene rings is 7. The van der Waals surface area contributed by atoms with Crippen molar-refractivity contribution in [3.63, 3.8) is 0 Å². The predicted molar refractivity (Wildman–Crippen MR) is 200 cm³/mol. The van der Waals surface area contributed by atoms with Crippen LogP contribution in [0.25, 0.3) is 77.2 Å². The number of rotatable bonds is 4. The Hall–Kier alpha value is -7.39. The SMILES string of the molecule is N#Cc1ccc2c(c1)c1cc(C#N)ccc1n2-c1ccccc1-c1ccc(-c2cccc(-n3c4ccccc4c4ccccc43)c2)c(C#N)c1. The molecule has 5 heteroatoms. The van der Waals surface area contributed by atoms with Gasteiger partial charge in [-0.3, -0.25) is 0 Å². The third kappa shape index (κ3) is 4.38. The van der Waals surface area contributed by atoms with Crippen LogP contribution in [0.4, 0.5) is 0 Å². The molecule has 5 nitrogen and oxygen atoms in total. The van der Waals surface area contributed by atoms with Crippen LogP contribution in [0.5, 0.6) is 0 Å². The molecule has 2 aromatic heterocycles. The highest BCUT2D eigenvalue weighted by atomic mass is 15.0. The molecule has 2 heterocycles. The van der Waals surface area contributed by atoms with Crippen LogP contribution in [0.3, 0.4) is 0 Å². The number of para-hydroxylation sites is 3. The van der Waals surface area contributed by atoms with Crippen LogP contribution in [0, 0.1) is 34.0 Å². The second kappa shape index (κ2) is 11.4. The van der Waals surface area contributed by atoms with Gasteiger partial charge in [0.2, 0.25) is 0 Å². The zero-order valence-electron chi connectivity index (χ0n) is 26.7. The Morgan fingerprint density at radius 3 is 1.60 bits per heavy atom. The molecule has 9 rings (SSSR count). The number of aromatic nitrogens is 2. The number of hydrogen-bond acceptors (Lipinski definition) is 3. The first-order valence-electron chi connectivity index (χ1n) is 16.3. The van der Waals surface area contributed by atoms with Crippen LogP contribution >= 0.6 is 0 Å². The molecular formula is C45H25N5. The van der Waals surface area contributed by atoms with E-state index in [1.807, 2.05) is 60.7 Å². The van der Waals surface area contributed by atoms with Gasteiger partial charge in [0.1, 0.15) is 0 Å². The van der Waals surface area contributed by atoms with Gasteiger partial charge in [0.05, 0.1) is 62.7 Å². The van der Waals surface area contributed by atoms with Crippen LogP contribution in [-0.2, 0) is 0 Å². The maximum Gasteiger partial charge on any atom is 0.0998 e. The zero-order chi connectivity index (χ0) is 33.8. The maximum absolute atomic E-state index is 10.5. The van der Waals surface area contributed by atoms with Gasteiger partial charge >= 0.3 is 0 Å². The van der Waals surface area contributed by atoms with E-state index in [0.717, 1.165) is 66.5 Å².